The lowest BCUT2D eigenvalue weighted by molar-refractivity contribution is -0.0398. The van der Waals surface area contributed by atoms with Crippen molar-refractivity contribution in [1.29, 1.82) is 5.26 Å². The first-order chi connectivity index (χ1) is 8.77. The summed E-state index contributed by atoms with van der Waals surface area (Å²) in [5.74, 6) is 0.418. The average molecular weight is 263 g/mol. The summed E-state index contributed by atoms with van der Waals surface area (Å²) in [6, 6.07) is 12.4. The molecule has 0 bridgehead atoms. The minimum Gasteiger partial charge on any atom is -0.406 e. The van der Waals surface area contributed by atoms with Crippen molar-refractivity contribution in [1.82, 2.24) is 0 Å². The van der Waals surface area contributed by atoms with Crippen molar-refractivity contribution >= 4 is 10.5 Å². The van der Waals surface area contributed by atoms with Gasteiger partial charge < -0.3 is 9.16 Å². The molecule has 0 fully saturated rings. The molecule has 0 aliphatic carbocycles. The number of ether oxygens (including phenoxy) is 1. The van der Waals surface area contributed by atoms with E-state index < -0.39 is 0 Å². The predicted octanol–water partition coefficient (Wildman–Crippen LogP) is 2.33. The van der Waals surface area contributed by atoms with Crippen LogP contribution in [0.15, 0.2) is 30.3 Å². The molecule has 1 aromatic rings. The fourth-order valence-electron chi connectivity index (χ4n) is 1.86. The van der Waals surface area contributed by atoms with Gasteiger partial charge in [0.2, 0.25) is 0 Å². The van der Waals surface area contributed by atoms with E-state index in [0.717, 1.165) is 12.8 Å². The molecule has 4 heteroatoms. The smallest absolute Gasteiger partial charge is 0.149 e. The molecule has 1 rings (SSSR count). The maximum atomic E-state index is 8.66. The molecule has 0 saturated carbocycles. The Balaban J connectivity index is 2.54. The van der Waals surface area contributed by atoms with Crippen molar-refractivity contribution in [3.05, 3.63) is 35.9 Å². The van der Waals surface area contributed by atoms with Gasteiger partial charge in [-0.15, -0.1) is 0 Å². The lowest BCUT2D eigenvalue weighted by Crippen LogP contribution is -2.09. The van der Waals surface area contributed by atoms with Crippen LogP contribution in [0.2, 0.25) is 0 Å². The van der Waals surface area contributed by atoms with Gasteiger partial charge in [0.25, 0.3) is 0 Å². The number of benzene rings is 1. The van der Waals surface area contributed by atoms with Gasteiger partial charge in [-0.2, -0.15) is 5.26 Å². The van der Waals surface area contributed by atoms with Gasteiger partial charge in [-0.25, -0.2) is 0 Å². The van der Waals surface area contributed by atoms with Crippen LogP contribution in [-0.2, 0) is 9.16 Å². The monoisotopic (exact) mass is 263 g/mol. The summed E-state index contributed by atoms with van der Waals surface area (Å²) in [6.07, 6.45) is 2.60. The SMILES string of the molecule is CC(CC#N)CCC(OCO[SiH3])c1ccccc1. The standard InChI is InChI=1S/C14H21NO2Si/c1-12(9-10-15)7-8-14(16-11-17-18)13-5-3-2-4-6-13/h2-6,12,14H,7-9,11H2,1,18H3. The molecule has 0 aliphatic rings. The van der Waals surface area contributed by atoms with Crippen molar-refractivity contribution in [2.24, 2.45) is 5.92 Å². The molecule has 0 heterocycles. The van der Waals surface area contributed by atoms with Gasteiger partial charge in [0.1, 0.15) is 17.3 Å². The van der Waals surface area contributed by atoms with Gasteiger partial charge >= 0.3 is 0 Å². The molecule has 98 valence electrons. The zero-order valence-electron chi connectivity index (χ0n) is 11.1. The highest BCUT2D eigenvalue weighted by atomic mass is 28.2. The van der Waals surface area contributed by atoms with Crippen LogP contribution in [0.4, 0.5) is 0 Å². The first-order valence-electron chi connectivity index (χ1n) is 6.30. The zero-order chi connectivity index (χ0) is 13.2. The van der Waals surface area contributed by atoms with Crippen LogP contribution in [-0.4, -0.2) is 17.3 Å². The number of hydrogen-bond acceptors (Lipinski definition) is 3. The lowest BCUT2D eigenvalue weighted by atomic mass is 9.97. The number of nitrogens with zero attached hydrogens (tertiary/aromatic N) is 1. The second-order valence-electron chi connectivity index (χ2n) is 4.52. The molecule has 18 heavy (non-hydrogen) atoms. The van der Waals surface area contributed by atoms with Gasteiger partial charge in [-0.05, 0) is 24.3 Å². The molecular formula is C14H21NO2Si. The maximum absolute atomic E-state index is 8.66. The number of rotatable bonds is 8. The molecular weight excluding hydrogens is 242 g/mol. The third kappa shape index (κ3) is 5.45. The molecule has 0 N–H and O–H groups in total. The third-order valence-electron chi connectivity index (χ3n) is 2.92. The van der Waals surface area contributed by atoms with Gasteiger partial charge in [-0.3, -0.25) is 0 Å². The summed E-state index contributed by atoms with van der Waals surface area (Å²) in [7, 11) is 0.691. The van der Waals surface area contributed by atoms with E-state index in [9.17, 15) is 0 Å². The first kappa shape index (κ1) is 14.9. The van der Waals surface area contributed by atoms with Crippen LogP contribution in [0.25, 0.3) is 0 Å². The molecule has 0 aromatic heterocycles. The first-order valence-corrected chi connectivity index (χ1v) is 7.12. The summed E-state index contributed by atoms with van der Waals surface area (Å²) in [4.78, 5) is 0. The van der Waals surface area contributed by atoms with E-state index in [1.165, 1.54) is 5.56 Å². The van der Waals surface area contributed by atoms with Crippen molar-refractivity contribution in [2.75, 3.05) is 6.79 Å². The van der Waals surface area contributed by atoms with Crippen molar-refractivity contribution in [3.8, 4) is 6.07 Å². The van der Waals surface area contributed by atoms with E-state index in [0.29, 0.717) is 29.6 Å². The second-order valence-corrected chi connectivity index (χ2v) is 5.09. The van der Waals surface area contributed by atoms with Gasteiger partial charge in [-0.1, -0.05) is 37.3 Å². The van der Waals surface area contributed by atoms with Crippen LogP contribution in [0, 0.1) is 17.2 Å². The van der Waals surface area contributed by atoms with Gasteiger partial charge in [0, 0.05) is 6.42 Å². The minimum atomic E-state index is 0.0706. The Labute approximate surface area is 112 Å². The van der Waals surface area contributed by atoms with Crippen LogP contribution in [0.3, 0.4) is 0 Å². The Morgan fingerprint density at radius 3 is 2.61 bits per heavy atom. The lowest BCUT2D eigenvalue weighted by Gasteiger charge is -2.19. The zero-order valence-corrected chi connectivity index (χ0v) is 13.1. The van der Waals surface area contributed by atoms with Crippen molar-refractivity contribution in [2.45, 2.75) is 32.3 Å². The summed E-state index contributed by atoms with van der Waals surface area (Å²) in [5.41, 5.74) is 1.18. The average Bonchev–Trinajstić information content (AvgIpc) is 2.40. The Bertz CT molecular complexity index is 364. The molecule has 2 atom stereocenters. The molecule has 2 unspecified atom stereocenters. The van der Waals surface area contributed by atoms with Crippen LogP contribution in [0.1, 0.15) is 37.9 Å². The van der Waals surface area contributed by atoms with E-state index in [2.05, 4.69) is 25.1 Å². The summed E-state index contributed by atoms with van der Waals surface area (Å²) in [5, 5.41) is 8.66. The summed E-state index contributed by atoms with van der Waals surface area (Å²) < 4.78 is 10.8. The van der Waals surface area contributed by atoms with Crippen molar-refractivity contribution in [3.63, 3.8) is 0 Å². The molecule has 0 saturated heterocycles. The fraction of sp³-hybridized carbons (Fsp3) is 0.500. The fourth-order valence-corrected chi connectivity index (χ4v) is 1.99. The van der Waals surface area contributed by atoms with Crippen LogP contribution < -0.4 is 0 Å². The Morgan fingerprint density at radius 2 is 2.00 bits per heavy atom. The summed E-state index contributed by atoms with van der Waals surface area (Å²) >= 11 is 0. The topological polar surface area (TPSA) is 42.2 Å². The van der Waals surface area contributed by atoms with E-state index >= 15 is 0 Å². The third-order valence-corrected chi connectivity index (χ3v) is 3.16. The normalized spacial score (nSPS) is 14.0. The molecule has 0 radical (unpaired) electrons. The molecule has 0 spiro atoms. The van der Waals surface area contributed by atoms with Gasteiger partial charge in [0.05, 0.1) is 12.2 Å². The molecule has 1 aromatic carbocycles. The Morgan fingerprint density at radius 1 is 1.28 bits per heavy atom. The Kier molecular flexibility index (Phi) is 7.34. The number of nitriles is 1. The largest absolute Gasteiger partial charge is 0.406 e. The molecule has 0 aliphatic heterocycles. The van der Waals surface area contributed by atoms with E-state index in [1.54, 1.807) is 0 Å². The Hall–Kier alpha value is -1.15. The quantitative estimate of drug-likeness (QED) is 0.534. The molecule has 3 nitrogen and oxygen atoms in total. The molecule has 0 amide bonds. The highest BCUT2D eigenvalue weighted by Crippen LogP contribution is 2.25. The van der Waals surface area contributed by atoms with E-state index in [1.807, 2.05) is 18.2 Å². The van der Waals surface area contributed by atoms with Crippen LogP contribution >= 0.6 is 0 Å². The van der Waals surface area contributed by atoms with Crippen molar-refractivity contribution < 1.29 is 9.16 Å². The van der Waals surface area contributed by atoms with E-state index in [-0.39, 0.29) is 6.10 Å². The highest BCUT2D eigenvalue weighted by Gasteiger charge is 2.13. The van der Waals surface area contributed by atoms with Crippen LogP contribution in [0.5, 0.6) is 0 Å². The van der Waals surface area contributed by atoms with Gasteiger partial charge in [0.15, 0.2) is 0 Å². The second kappa shape index (κ2) is 8.87. The maximum Gasteiger partial charge on any atom is 0.149 e. The summed E-state index contributed by atoms with van der Waals surface area (Å²) in [6.45, 7) is 2.47. The highest BCUT2D eigenvalue weighted by molar-refractivity contribution is 5.97. The number of hydrogen-bond donors (Lipinski definition) is 0. The predicted molar refractivity (Wildman–Crippen MR) is 74.8 cm³/mol. The van der Waals surface area contributed by atoms with E-state index in [4.69, 9.17) is 14.4 Å². The minimum absolute atomic E-state index is 0.0706.